The van der Waals surface area contributed by atoms with Gasteiger partial charge in [0, 0.05) is 30.9 Å². The maximum absolute atomic E-state index is 14.2. The molecule has 0 aromatic heterocycles. The van der Waals surface area contributed by atoms with E-state index in [1.165, 1.54) is 0 Å². The number of likely N-dealkylation sites (N-methyl/N-ethyl adjacent to an activating group) is 1. The monoisotopic (exact) mass is 491 g/mol. The van der Waals surface area contributed by atoms with Crippen LogP contribution >= 0.6 is 11.8 Å². The summed E-state index contributed by atoms with van der Waals surface area (Å²) in [6, 6.07) is -1.28. The molecule has 3 fully saturated rings. The quantitative estimate of drug-likeness (QED) is 0.475. The number of nitrogens with zero attached hydrogens (tertiary/aromatic N) is 3. The topological polar surface area (TPSA) is 81.2 Å². The molecular formula is C26H41N3O4S. The Balaban J connectivity index is 2.17. The first-order chi connectivity index (χ1) is 15.9. The third-order valence-electron chi connectivity index (χ3n) is 8.04. The van der Waals surface area contributed by atoms with Crippen LogP contribution in [-0.2, 0) is 14.4 Å². The van der Waals surface area contributed by atoms with Gasteiger partial charge in [0.15, 0.2) is 0 Å². The Morgan fingerprint density at radius 1 is 1.18 bits per heavy atom. The predicted octanol–water partition coefficient (Wildman–Crippen LogP) is 2.55. The molecule has 0 aromatic rings. The normalized spacial score (nSPS) is 32.8. The minimum Gasteiger partial charge on any atom is -0.394 e. The Morgan fingerprint density at radius 2 is 1.79 bits per heavy atom. The van der Waals surface area contributed by atoms with Crippen LogP contribution in [0, 0.1) is 17.8 Å². The summed E-state index contributed by atoms with van der Waals surface area (Å²) in [4.78, 5) is 47.1. The fourth-order valence-corrected chi connectivity index (χ4v) is 8.70. The number of hydrogen-bond donors (Lipinski definition) is 1. The fraction of sp³-hybridized carbons (Fsp3) is 0.731. The number of thioether (sulfide) groups is 1. The van der Waals surface area contributed by atoms with E-state index in [0.29, 0.717) is 19.5 Å². The Kier molecular flexibility index (Phi) is 7.63. The van der Waals surface area contributed by atoms with Crippen molar-refractivity contribution < 1.29 is 19.5 Å². The number of amides is 3. The molecule has 1 spiro atoms. The SMILES string of the molecule is C=CCN(C)C(=O)[C@H]1[C@H]2C(=O)N([C@@H](CO)C(C)C)C(C(=O)N(CC=C)C(C)C)C23CC[C@]1(C)S3. The van der Waals surface area contributed by atoms with Crippen molar-refractivity contribution >= 4 is 29.5 Å². The van der Waals surface area contributed by atoms with Crippen molar-refractivity contribution in [1.82, 2.24) is 14.7 Å². The van der Waals surface area contributed by atoms with E-state index in [0.717, 1.165) is 6.42 Å². The summed E-state index contributed by atoms with van der Waals surface area (Å²) >= 11 is 1.66. The van der Waals surface area contributed by atoms with Gasteiger partial charge in [-0.2, -0.15) is 0 Å². The molecule has 8 heteroatoms. The third kappa shape index (κ3) is 3.91. The highest BCUT2D eigenvalue weighted by Crippen LogP contribution is 2.72. The van der Waals surface area contributed by atoms with E-state index in [2.05, 4.69) is 20.1 Å². The number of carbonyl (C=O) groups is 3. The van der Waals surface area contributed by atoms with Crippen molar-refractivity contribution in [1.29, 1.82) is 0 Å². The molecule has 3 saturated heterocycles. The van der Waals surface area contributed by atoms with Crippen molar-refractivity contribution in [3.63, 3.8) is 0 Å². The number of rotatable bonds is 10. The molecule has 3 aliphatic heterocycles. The van der Waals surface area contributed by atoms with Crippen LogP contribution in [0.4, 0.5) is 0 Å². The zero-order valence-corrected chi connectivity index (χ0v) is 22.3. The number of fused-ring (bicyclic) bond motifs is 1. The molecule has 3 amide bonds. The molecule has 190 valence electrons. The van der Waals surface area contributed by atoms with Crippen LogP contribution < -0.4 is 0 Å². The van der Waals surface area contributed by atoms with Gasteiger partial charge in [-0.05, 0) is 39.5 Å². The van der Waals surface area contributed by atoms with Crippen LogP contribution in [0.3, 0.4) is 0 Å². The molecule has 1 N–H and O–H groups in total. The molecule has 0 aromatic carbocycles. The van der Waals surface area contributed by atoms with Gasteiger partial charge < -0.3 is 19.8 Å². The van der Waals surface area contributed by atoms with Gasteiger partial charge in [0.2, 0.25) is 17.7 Å². The molecule has 3 heterocycles. The van der Waals surface area contributed by atoms with Crippen LogP contribution in [0.2, 0.25) is 0 Å². The van der Waals surface area contributed by atoms with Gasteiger partial charge >= 0.3 is 0 Å². The minimum absolute atomic E-state index is 0.0400. The summed E-state index contributed by atoms with van der Waals surface area (Å²) in [6.07, 6.45) is 4.85. The van der Waals surface area contributed by atoms with E-state index >= 15 is 0 Å². The standard InChI is InChI=1S/C26H41N3O4S/c1-9-13-27(8)22(31)19-20-23(32)29(18(15-30)16(3)4)21(24(33)28(14-10-2)17(5)6)26(20)12-11-25(19,7)34-26/h9-10,16-21,30H,1-2,11-15H2,3-8H3/t18-,19+,20-,21?,25-,26?/m0/s1. The predicted molar refractivity (Wildman–Crippen MR) is 136 cm³/mol. The number of carbonyl (C=O) groups excluding carboxylic acids is 3. The van der Waals surface area contributed by atoms with Crippen molar-refractivity contribution in [2.24, 2.45) is 17.8 Å². The van der Waals surface area contributed by atoms with Crippen LogP contribution in [0.1, 0.15) is 47.5 Å². The molecule has 7 nitrogen and oxygen atoms in total. The first-order valence-corrected chi connectivity index (χ1v) is 13.1. The van der Waals surface area contributed by atoms with Gasteiger partial charge in [-0.3, -0.25) is 14.4 Å². The Hall–Kier alpha value is -1.80. The van der Waals surface area contributed by atoms with E-state index in [9.17, 15) is 19.5 Å². The van der Waals surface area contributed by atoms with Crippen LogP contribution in [0.25, 0.3) is 0 Å². The maximum atomic E-state index is 14.2. The fourth-order valence-electron chi connectivity index (χ4n) is 6.37. The Morgan fingerprint density at radius 3 is 2.29 bits per heavy atom. The lowest BCUT2D eigenvalue weighted by atomic mass is 9.66. The highest BCUT2D eigenvalue weighted by Gasteiger charge is 2.78. The van der Waals surface area contributed by atoms with Crippen LogP contribution in [-0.4, -0.2) is 91.9 Å². The lowest BCUT2D eigenvalue weighted by Gasteiger charge is -2.41. The summed E-state index contributed by atoms with van der Waals surface area (Å²) in [6.45, 7) is 18.0. The van der Waals surface area contributed by atoms with Crippen molar-refractivity contribution in [3.05, 3.63) is 25.3 Å². The molecule has 2 unspecified atom stereocenters. The van der Waals surface area contributed by atoms with Gasteiger partial charge in [0.1, 0.15) is 6.04 Å². The first-order valence-electron chi connectivity index (χ1n) is 12.3. The number of hydrogen-bond acceptors (Lipinski definition) is 5. The molecule has 3 rings (SSSR count). The van der Waals surface area contributed by atoms with Gasteiger partial charge in [-0.15, -0.1) is 24.9 Å². The average molecular weight is 492 g/mol. The van der Waals surface area contributed by atoms with Gasteiger partial charge in [-0.25, -0.2) is 0 Å². The van der Waals surface area contributed by atoms with Crippen molar-refractivity contribution in [3.8, 4) is 0 Å². The Bertz CT molecular complexity index is 861. The molecule has 0 saturated carbocycles. The van der Waals surface area contributed by atoms with Crippen molar-refractivity contribution in [2.45, 2.75) is 75.1 Å². The lowest BCUT2D eigenvalue weighted by molar-refractivity contribution is -0.148. The maximum Gasteiger partial charge on any atom is 0.247 e. The average Bonchev–Trinajstić information content (AvgIpc) is 3.32. The highest BCUT2D eigenvalue weighted by atomic mass is 32.2. The van der Waals surface area contributed by atoms with E-state index in [-0.39, 0.29) is 36.3 Å². The molecule has 0 radical (unpaired) electrons. The molecule has 3 aliphatic rings. The van der Waals surface area contributed by atoms with E-state index in [1.54, 1.807) is 45.7 Å². The van der Waals surface area contributed by atoms with E-state index in [1.807, 2.05) is 27.7 Å². The first kappa shape index (κ1) is 26.8. The Labute approximate surface area is 208 Å². The second-order valence-electron chi connectivity index (χ2n) is 10.8. The van der Waals surface area contributed by atoms with Crippen LogP contribution in [0.15, 0.2) is 25.3 Å². The van der Waals surface area contributed by atoms with E-state index < -0.39 is 33.4 Å². The molecular weight excluding hydrogens is 450 g/mol. The molecule has 2 bridgehead atoms. The number of aliphatic hydroxyl groups excluding tert-OH is 1. The minimum atomic E-state index is -0.721. The summed E-state index contributed by atoms with van der Waals surface area (Å²) in [5.74, 6) is -1.50. The summed E-state index contributed by atoms with van der Waals surface area (Å²) in [5, 5.41) is 10.3. The van der Waals surface area contributed by atoms with Gasteiger partial charge in [-0.1, -0.05) is 26.0 Å². The molecule has 0 aliphatic carbocycles. The zero-order chi connectivity index (χ0) is 25.6. The van der Waals surface area contributed by atoms with Gasteiger partial charge in [0.05, 0.1) is 29.2 Å². The van der Waals surface area contributed by atoms with Gasteiger partial charge in [0.25, 0.3) is 0 Å². The second kappa shape index (κ2) is 9.69. The summed E-state index contributed by atoms with van der Waals surface area (Å²) in [7, 11) is 1.74. The lowest BCUT2D eigenvalue weighted by Crippen LogP contribution is -2.59. The number of aliphatic hydroxyl groups is 1. The second-order valence-corrected chi connectivity index (χ2v) is 12.7. The summed E-state index contributed by atoms with van der Waals surface area (Å²) < 4.78 is -1.10. The molecule has 6 atom stereocenters. The molecule has 34 heavy (non-hydrogen) atoms. The summed E-state index contributed by atoms with van der Waals surface area (Å²) in [5.41, 5.74) is 0. The number of likely N-dealkylation sites (tertiary alicyclic amines) is 1. The van der Waals surface area contributed by atoms with Crippen LogP contribution in [0.5, 0.6) is 0 Å². The third-order valence-corrected chi connectivity index (χ3v) is 10.0. The largest absolute Gasteiger partial charge is 0.394 e. The van der Waals surface area contributed by atoms with Crippen molar-refractivity contribution in [2.75, 3.05) is 26.7 Å². The highest BCUT2D eigenvalue weighted by molar-refractivity contribution is 8.02. The zero-order valence-electron chi connectivity index (χ0n) is 21.5. The van der Waals surface area contributed by atoms with E-state index in [4.69, 9.17) is 0 Å². The smallest absolute Gasteiger partial charge is 0.247 e.